The van der Waals surface area contributed by atoms with Gasteiger partial charge in [0.2, 0.25) is 11.8 Å². The Kier molecular flexibility index (Phi) is 5.77. The van der Waals surface area contributed by atoms with Gasteiger partial charge in [-0.15, -0.1) is 0 Å². The maximum Gasteiger partial charge on any atom is 0.229 e. The third-order valence-electron chi connectivity index (χ3n) is 7.36. The molecule has 2 aromatic carbocycles. The zero-order valence-electron chi connectivity index (χ0n) is 18.0. The van der Waals surface area contributed by atoms with E-state index in [1.165, 1.54) is 0 Å². The Morgan fingerprint density at radius 1 is 0.710 bits per heavy atom. The van der Waals surface area contributed by atoms with Gasteiger partial charge in [-0.2, -0.15) is 0 Å². The summed E-state index contributed by atoms with van der Waals surface area (Å²) >= 11 is 0. The first kappa shape index (κ1) is 20.3. The van der Waals surface area contributed by atoms with E-state index in [-0.39, 0.29) is 23.7 Å². The number of nitrogens with zero attached hydrogens (tertiary/aromatic N) is 1. The quantitative estimate of drug-likeness (QED) is 0.737. The number of hydrogen-bond donors (Lipinski definition) is 2. The summed E-state index contributed by atoms with van der Waals surface area (Å²) in [5.41, 5.74) is 3.89. The summed E-state index contributed by atoms with van der Waals surface area (Å²) in [7, 11) is 0. The van der Waals surface area contributed by atoms with Crippen LogP contribution in [0.3, 0.4) is 0 Å². The molecule has 2 N–H and O–H groups in total. The fourth-order valence-electron chi connectivity index (χ4n) is 5.42. The molecular weight excluding hydrogens is 386 g/mol. The monoisotopic (exact) mass is 417 g/mol. The summed E-state index contributed by atoms with van der Waals surface area (Å²) < 4.78 is 0. The predicted octanol–water partition coefficient (Wildman–Crippen LogP) is 4.76. The van der Waals surface area contributed by atoms with Crippen molar-refractivity contribution in [1.82, 2.24) is 4.90 Å². The Balaban J connectivity index is 1.19. The minimum atomic E-state index is 0.120. The predicted molar refractivity (Wildman–Crippen MR) is 124 cm³/mol. The van der Waals surface area contributed by atoms with Crippen LogP contribution in [0.25, 0.3) is 11.1 Å². The molecule has 3 saturated heterocycles. The number of fused-ring (bicyclic) bond motifs is 3. The lowest BCUT2D eigenvalue weighted by Crippen LogP contribution is -2.51. The van der Waals surface area contributed by atoms with E-state index in [1.54, 1.807) is 0 Å². The van der Waals surface area contributed by atoms with Gasteiger partial charge < -0.3 is 15.5 Å². The van der Waals surface area contributed by atoms with Crippen LogP contribution in [-0.4, -0.2) is 36.3 Å². The summed E-state index contributed by atoms with van der Waals surface area (Å²) in [6, 6.07) is 16.0. The molecule has 1 unspecified atom stereocenters. The number of rotatable bonds is 5. The summed E-state index contributed by atoms with van der Waals surface area (Å²) in [4.78, 5) is 27.5. The van der Waals surface area contributed by atoms with Gasteiger partial charge in [0, 0.05) is 23.8 Å². The van der Waals surface area contributed by atoms with Crippen LogP contribution in [0.4, 0.5) is 11.4 Å². The number of nitrogens with one attached hydrogen (secondary N) is 2. The molecule has 3 heterocycles. The van der Waals surface area contributed by atoms with Gasteiger partial charge >= 0.3 is 0 Å². The average Bonchev–Trinajstić information content (AvgIpc) is 3.36. The topological polar surface area (TPSA) is 61.4 Å². The standard InChI is InChI=1S/C26H31N3O2/c30-25(21-3-1-2-4-21)27-22-9-5-18(6-10-22)19-7-11-23(12-8-19)28-26(31)24-17-29-15-13-20(24)14-16-29/h5-12,20-21,24H,1-4,13-17H2,(H,27,30)(H,28,31). The van der Waals surface area contributed by atoms with Crippen molar-refractivity contribution in [3.8, 4) is 11.1 Å². The summed E-state index contributed by atoms with van der Waals surface area (Å²) in [5, 5.41) is 6.17. The first-order valence-electron chi connectivity index (χ1n) is 11.7. The molecule has 2 aromatic rings. The molecule has 4 fully saturated rings. The van der Waals surface area contributed by atoms with Crippen molar-refractivity contribution in [2.45, 2.75) is 38.5 Å². The average molecular weight is 418 g/mol. The highest BCUT2D eigenvalue weighted by molar-refractivity contribution is 5.94. The Labute approximate surface area is 184 Å². The van der Waals surface area contributed by atoms with E-state index in [1.807, 2.05) is 48.5 Å². The van der Waals surface area contributed by atoms with Crippen molar-refractivity contribution in [3.63, 3.8) is 0 Å². The normalized spacial score (nSPS) is 25.4. The summed E-state index contributed by atoms with van der Waals surface area (Å²) in [6.45, 7) is 3.19. The first-order valence-corrected chi connectivity index (χ1v) is 11.7. The van der Waals surface area contributed by atoms with Crippen LogP contribution in [0, 0.1) is 17.8 Å². The zero-order valence-corrected chi connectivity index (χ0v) is 18.0. The van der Waals surface area contributed by atoms with E-state index >= 15 is 0 Å². The van der Waals surface area contributed by atoms with Crippen molar-refractivity contribution in [3.05, 3.63) is 48.5 Å². The van der Waals surface area contributed by atoms with Gasteiger partial charge in [0.05, 0.1) is 5.92 Å². The SMILES string of the molecule is O=C(Nc1ccc(-c2ccc(NC(=O)C3CN4CCC3CC4)cc2)cc1)C1CCCC1. The fraction of sp³-hybridized carbons (Fsp3) is 0.462. The van der Waals surface area contributed by atoms with E-state index in [4.69, 9.17) is 0 Å². The van der Waals surface area contributed by atoms with Gasteiger partial charge in [-0.3, -0.25) is 9.59 Å². The molecule has 0 aromatic heterocycles. The van der Waals surface area contributed by atoms with Crippen molar-refractivity contribution in [2.24, 2.45) is 17.8 Å². The van der Waals surface area contributed by atoms with Crippen molar-refractivity contribution in [2.75, 3.05) is 30.3 Å². The molecule has 5 heteroatoms. The molecule has 4 aliphatic rings. The molecule has 2 bridgehead atoms. The number of piperidine rings is 3. The molecule has 1 saturated carbocycles. The van der Waals surface area contributed by atoms with Gasteiger partial charge in [0.25, 0.3) is 0 Å². The lowest BCUT2D eigenvalue weighted by atomic mass is 9.78. The summed E-state index contributed by atoms with van der Waals surface area (Å²) in [5.74, 6) is 1.13. The van der Waals surface area contributed by atoms with Crippen molar-refractivity contribution >= 4 is 23.2 Å². The largest absolute Gasteiger partial charge is 0.326 e. The van der Waals surface area contributed by atoms with Gasteiger partial charge in [-0.25, -0.2) is 0 Å². The van der Waals surface area contributed by atoms with Gasteiger partial charge in [0.15, 0.2) is 0 Å². The van der Waals surface area contributed by atoms with E-state index < -0.39 is 0 Å². The second-order valence-corrected chi connectivity index (χ2v) is 9.36. The highest BCUT2D eigenvalue weighted by atomic mass is 16.2. The molecule has 162 valence electrons. The van der Waals surface area contributed by atoms with Crippen LogP contribution < -0.4 is 10.6 Å². The molecule has 6 rings (SSSR count). The fourth-order valence-corrected chi connectivity index (χ4v) is 5.42. The highest BCUT2D eigenvalue weighted by Crippen LogP contribution is 2.33. The molecule has 1 atom stereocenters. The molecule has 31 heavy (non-hydrogen) atoms. The Hall–Kier alpha value is -2.66. The van der Waals surface area contributed by atoms with Crippen LogP contribution >= 0.6 is 0 Å². The van der Waals surface area contributed by atoms with Gasteiger partial charge in [-0.05, 0) is 80.1 Å². The second-order valence-electron chi connectivity index (χ2n) is 9.36. The third-order valence-corrected chi connectivity index (χ3v) is 7.36. The number of hydrogen-bond acceptors (Lipinski definition) is 3. The molecule has 2 amide bonds. The molecule has 5 nitrogen and oxygen atoms in total. The van der Waals surface area contributed by atoms with Crippen molar-refractivity contribution < 1.29 is 9.59 Å². The third kappa shape index (κ3) is 4.52. The lowest BCUT2D eigenvalue weighted by Gasteiger charge is -2.43. The number of carbonyl (C=O) groups is 2. The van der Waals surface area contributed by atoms with Gasteiger partial charge in [0.1, 0.15) is 0 Å². The maximum atomic E-state index is 12.8. The molecule has 0 spiro atoms. The van der Waals surface area contributed by atoms with Gasteiger partial charge in [-0.1, -0.05) is 37.1 Å². The van der Waals surface area contributed by atoms with Crippen LogP contribution in [0.5, 0.6) is 0 Å². The molecule has 1 aliphatic carbocycles. The number of carbonyl (C=O) groups excluding carboxylic acids is 2. The second kappa shape index (κ2) is 8.83. The van der Waals surface area contributed by atoms with E-state index in [0.29, 0.717) is 5.92 Å². The molecular formula is C26H31N3O2. The number of anilines is 2. The Bertz CT molecular complexity index is 924. The molecule has 0 radical (unpaired) electrons. The number of amides is 2. The van der Waals surface area contributed by atoms with Crippen LogP contribution in [-0.2, 0) is 9.59 Å². The van der Waals surface area contributed by atoms with E-state index in [0.717, 1.165) is 80.7 Å². The van der Waals surface area contributed by atoms with Crippen molar-refractivity contribution in [1.29, 1.82) is 0 Å². The first-order chi connectivity index (χ1) is 15.2. The maximum absolute atomic E-state index is 12.8. The minimum Gasteiger partial charge on any atom is -0.326 e. The minimum absolute atomic E-state index is 0.120. The van der Waals surface area contributed by atoms with Crippen LogP contribution in [0.2, 0.25) is 0 Å². The Morgan fingerprint density at radius 2 is 1.23 bits per heavy atom. The highest BCUT2D eigenvalue weighted by Gasteiger charge is 2.38. The van der Waals surface area contributed by atoms with Crippen LogP contribution in [0.1, 0.15) is 38.5 Å². The smallest absolute Gasteiger partial charge is 0.229 e. The lowest BCUT2D eigenvalue weighted by molar-refractivity contribution is -0.125. The summed E-state index contributed by atoms with van der Waals surface area (Å²) in [6.07, 6.45) is 6.63. The number of benzene rings is 2. The molecule has 3 aliphatic heterocycles. The Morgan fingerprint density at radius 3 is 1.71 bits per heavy atom. The van der Waals surface area contributed by atoms with E-state index in [9.17, 15) is 9.59 Å². The zero-order chi connectivity index (χ0) is 21.2. The van der Waals surface area contributed by atoms with Crippen LogP contribution in [0.15, 0.2) is 48.5 Å². The van der Waals surface area contributed by atoms with E-state index in [2.05, 4.69) is 15.5 Å².